The molecule has 0 unspecified atom stereocenters. The zero-order valence-corrected chi connectivity index (χ0v) is 9.88. The molecule has 0 fully saturated rings. The summed E-state index contributed by atoms with van der Waals surface area (Å²) in [6.45, 7) is -3.06. The number of carboxylic acid groups (broad SMARTS) is 1. The molecule has 0 radical (unpaired) electrons. The van der Waals surface area contributed by atoms with Crippen molar-refractivity contribution < 1.29 is 32.2 Å². The summed E-state index contributed by atoms with van der Waals surface area (Å²) in [5.74, 6) is -4.76. The predicted molar refractivity (Wildman–Crippen MR) is 53.8 cm³/mol. The number of aliphatic hydroxyl groups excluding tert-OH is 1. The van der Waals surface area contributed by atoms with E-state index in [0.29, 0.717) is 4.31 Å². The number of halogens is 2. The standard InChI is InChI=1S/C7H14F2N2O5S/c1-11(3-2-6(13)14)17(15,16)10-4-7(8,9)5-12/h10,12H,2-5H2,1H3,(H,13,14). The number of aliphatic carboxylic acids is 1. The zero-order chi connectivity index (χ0) is 13.7. The average molecular weight is 276 g/mol. The second kappa shape index (κ2) is 6.19. The number of nitrogens with zero attached hydrogens (tertiary/aromatic N) is 1. The molecule has 0 aromatic carbocycles. The highest BCUT2D eigenvalue weighted by Crippen LogP contribution is 2.10. The molecule has 0 aromatic heterocycles. The van der Waals surface area contributed by atoms with E-state index in [1.807, 2.05) is 0 Å². The molecule has 0 aliphatic carbocycles. The average Bonchev–Trinajstić information content (AvgIpc) is 2.23. The molecule has 10 heteroatoms. The maximum atomic E-state index is 12.6. The summed E-state index contributed by atoms with van der Waals surface area (Å²) >= 11 is 0. The third-order valence-electron chi connectivity index (χ3n) is 1.80. The first kappa shape index (κ1) is 16.2. The van der Waals surface area contributed by atoms with Crippen LogP contribution in [0.1, 0.15) is 6.42 Å². The quantitative estimate of drug-likeness (QED) is 0.519. The summed E-state index contributed by atoms with van der Waals surface area (Å²) in [6.07, 6.45) is -0.437. The van der Waals surface area contributed by atoms with Crippen LogP contribution >= 0.6 is 0 Å². The van der Waals surface area contributed by atoms with Gasteiger partial charge in [0.15, 0.2) is 0 Å². The lowest BCUT2D eigenvalue weighted by Gasteiger charge is -2.19. The number of hydrogen-bond acceptors (Lipinski definition) is 4. The highest BCUT2D eigenvalue weighted by Gasteiger charge is 2.30. The molecular formula is C7H14F2N2O5S. The largest absolute Gasteiger partial charge is 0.481 e. The smallest absolute Gasteiger partial charge is 0.304 e. The van der Waals surface area contributed by atoms with E-state index in [1.54, 1.807) is 4.72 Å². The van der Waals surface area contributed by atoms with Crippen molar-refractivity contribution in [1.29, 1.82) is 0 Å². The van der Waals surface area contributed by atoms with Gasteiger partial charge in [0.05, 0.1) is 13.0 Å². The fourth-order valence-corrected chi connectivity index (χ4v) is 1.68. The van der Waals surface area contributed by atoms with Gasteiger partial charge in [-0.1, -0.05) is 0 Å². The number of hydrogen-bond donors (Lipinski definition) is 3. The number of carboxylic acids is 1. The molecule has 0 spiro atoms. The molecule has 0 aromatic rings. The van der Waals surface area contributed by atoms with Crippen LogP contribution in [0, 0.1) is 0 Å². The summed E-state index contributed by atoms with van der Waals surface area (Å²) < 4.78 is 49.9. The zero-order valence-electron chi connectivity index (χ0n) is 9.06. The Labute approximate surface area is 97.2 Å². The third-order valence-corrected chi connectivity index (χ3v) is 3.31. The molecule has 0 bridgehead atoms. The molecule has 0 saturated heterocycles. The lowest BCUT2D eigenvalue weighted by atomic mass is 10.4. The van der Waals surface area contributed by atoms with Gasteiger partial charge in [-0.05, 0) is 0 Å². The van der Waals surface area contributed by atoms with Crippen LogP contribution < -0.4 is 4.72 Å². The van der Waals surface area contributed by atoms with Crippen molar-refractivity contribution in [3.63, 3.8) is 0 Å². The highest BCUT2D eigenvalue weighted by molar-refractivity contribution is 7.87. The Kier molecular flexibility index (Phi) is 5.88. The maximum absolute atomic E-state index is 12.6. The van der Waals surface area contributed by atoms with Gasteiger partial charge < -0.3 is 10.2 Å². The highest BCUT2D eigenvalue weighted by atomic mass is 32.2. The molecule has 0 aliphatic heterocycles. The van der Waals surface area contributed by atoms with Crippen LogP contribution in [0.25, 0.3) is 0 Å². The Morgan fingerprint density at radius 1 is 1.47 bits per heavy atom. The summed E-state index contributed by atoms with van der Waals surface area (Å²) in [5, 5.41) is 16.6. The Morgan fingerprint density at radius 2 is 2.00 bits per heavy atom. The van der Waals surface area contributed by atoms with Gasteiger partial charge >= 0.3 is 5.97 Å². The molecule has 0 rings (SSSR count). The van der Waals surface area contributed by atoms with Gasteiger partial charge in [0.25, 0.3) is 16.1 Å². The van der Waals surface area contributed by atoms with Crippen molar-refractivity contribution in [3.05, 3.63) is 0 Å². The van der Waals surface area contributed by atoms with Crippen LogP contribution in [-0.4, -0.2) is 61.6 Å². The van der Waals surface area contributed by atoms with Gasteiger partial charge in [0.2, 0.25) is 0 Å². The van der Waals surface area contributed by atoms with E-state index in [9.17, 15) is 22.0 Å². The van der Waals surface area contributed by atoms with Crippen LogP contribution in [-0.2, 0) is 15.0 Å². The molecule has 0 amide bonds. The fraction of sp³-hybridized carbons (Fsp3) is 0.857. The molecule has 3 N–H and O–H groups in total. The van der Waals surface area contributed by atoms with Crippen molar-refractivity contribution in [1.82, 2.24) is 9.03 Å². The van der Waals surface area contributed by atoms with E-state index in [0.717, 1.165) is 7.05 Å². The fourth-order valence-electron chi connectivity index (χ4n) is 0.736. The van der Waals surface area contributed by atoms with Gasteiger partial charge in [-0.15, -0.1) is 0 Å². The van der Waals surface area contributed by atoms with E-state index >= 15 is 0 Å². The molecule has 0 aliphatic rings. The van der Waals surface area contributed by atoms with Crippen molar-refractivity contribution >= 4 is 16.2 Å². The molecular weight excluding hydrogens is 262 g/mol. The van der Waals surface area contributed by atoms with Gasteiger partial charge in [-0.2, -0.15) is 17.4 Å². The minimum absolute atomic E-state index is 0.338. The predicted octanol–water partition coefficient (Wildman–Crippen LogP) is -1.15. The van der Waals surface area contributed by atoms with E-state index in [4.69, 9.17) is 10.2 Å². The van der Waals surface area contributed by atoms with E-state index in [-0.39, 0.29) is 6.54 Å². The van der Waals surface area contributed by atoms with Gasteiger partial charge in [-0.25, -0.2) is 8.78 Å². The summed E-state index contributed by atoms with van der Waals surface area (Å²) in [4.78, 5) is 10.2. The second-order valence-electron chi connectivity index (χ2n) is 3.31. The first-order valence-electron chi connectivity index (χ1n) is 4.52. The monoisotopic (exact) mass is 276 g/mol. The summed E-state index contributed by atoms with van der Waals surface area (Å²) in [6, 6.07) is 0. The molecule has 0 atom stereocenters. The molecule has 17 heavy (non-hydrogen) atoms. The van der Waals surface area contributed by atoms with Crippen LogP contribution in [0.5, 0.6) is 0 Å². The van der Waals surface area contributed by atoms with E-state index < -0.39 is 41.7 Å². The first-order valence-corrected chi connectivity index (χ1v) is 5.96. The SMILES string of the molecule is CN(CCC(=O)O)S(=O)(=O)NCC(F)(F)CO. The molecule has 0 saturated carbocycles. The van der Waals surface area contributed by atoms with Crippen LogP contribution in [0.15, 0.2) is 0 Å². The third kappa shape index (κ3) is 6.46. The maximum Gasteiger partial charge on any atom is 0.304 e. The number of rotatable bonds is 8. The lowest BCUT2D eigenvalue weighted by Crippen LogP contribution is -2.45. The van der Waals surface area contributed by atoms with Crippen molar-refractivity contribution in [2.45, 2.75) is 12.3 Å². The first-order chi connectivity index (χ1) is 7.60. The van der Waals surface area contributed by atoms with E-state index in [2.05, 4.69) is 0 Å². The minimum atomic E-state index is -4.17. The lowest BCUT2D eigenvalue weighted by molar-refractivity contribution is -0.137. The van der Waals surface area contributed by atoms with Gasteiger partial charge in [0, 0.05) is 13.6 Å². The van der Waals surface area contributed by atoms with Gasteiger partial charge in [-0.3, -0.25) is 4.79 Å². The molecule has 102 valence electrons. The molecule has 7 nitrogen and oxygen atoms in total. The number of carbonyl (C=O) groups is 1. The van der Waals surface area contributed by atoms with Gasteiger partial charge in [0.1, 0.15) is 6.61 Å². The van der Waals surface area contributed by atoms with Crippen LogP contribution in [0.4, 0.5) is 8.78 Å². The van der Waals surface area contributed by atoms with Crippen molar-refractivity contribution in [2.75, 3.05) is 26.7 Å². The summed E-state index contributed by atoms with van der Waals surface area (Å²) in [7, 11) is -3.11. The minimum Gasteiger partial charge on any atom is -0.481 e. The number of aliphatic hydroxyl groups is 1. The Morgan fingerprint density at radius 3 is 2.41 bits per heavy atom. The number of nitrogens with one attached hydrogen (secondary N) is 1. The Hall–Kier alpha value is -0.840. The topological polar surface area (TPSA) is 107 Å². The second-order valence-corrected chi connectivity index (χ2v) is 5.17. The Bertz CT molecular complexity index is 359. The summed E-state index contributed by atoms with van der Waals surface area (Å²) in [5.41, 5.74) is 0. The normalized spacial score (nSPS) is 13.0. The van der Waals surface area contributed by atoms with Crippen molar-refractivity contribution in [3.8, 4) is 0 Å². The number of alkyl halides is 2. The van der Waals surface area contributed by atoms with Crippen LogP contribution in [0.2, 0.25) is 0 Å². The molecule has 0 heterocycles. The van der Waals surface area contributed by atoms with E-state index in [1.165, 1.54) is 0 Å². The van der Waals surface area contributed by atoms with Crippen molar-refractivity contribution in [2.24, 2.45) is 0 Å². The van der Waals surface area contributed by atoms with Crippen LogP contribution in [0.3, 0.4) is 0 Å². The Balaban J connectivity index is 4.33.